The van der Waals surface area contributed by atoms with Crippen LogP contribution in [0, 0.1) is 0 Å². The third-order valence-corrected chi connectivity index (χ3v) is 1.32. The minimum Gasteiger partial charge on any atom is -0.264 e. The Morgan fingerprint density at radius 3 is 2.44 bits per heavy atom. The molecule has 0 aromatic rings. The number of thiol groups is 1. The molecule has 0 heterocycles. The summed E-state index contributed by atoms with van der Waals surface area (Å²) in [4.78, 5) is 0. The minimum atomic E-state index is -4.23. The first-order valence-corrected chi connectivity index (χ1v) is 4.29. The van der Waals surface area contributed by atoms with Crippen molar-refractivity contribution in [2.24, 2.45) is 0 Å². The maximum atomic E-state index is 9.81. The molecule has 0 unspecified atom stereocenters. The molecule has 0 radical (unpaired) electrons. The minimum absolute atomic E-state index is 0.0116. The Morgan fingerprint density at radius 1 is 1.56 bits per heavy atom. The van der Waals surface area contributed by atoms with Crippen LogP contribution in [-0.4, -0.2) is 25.3 Å². The molecular weight excluding hydrogens is 164 g/mol. The van der Waals surface area contributed by atoms with E-state index in [2.05, 4.69) is 16.8 Å². The Bertz CT molecular complexity index is 149. The molecule has 0 aromatic heterocycles. The monoisotopic (exact) mass is 172 g/mol. The summed E-state index contributed by atoms with van der Waals surface area (Å²) in [5.41, 5.74) is 0. The van der Waals surface area contributed by atoms with E-state index in [-0.39, 0.29) is 6.61 Å². The Labute approximate surface area is 59.6 Å². The number of rotatable bonds is 4. The van der Waals surface area contributed by atoms with Gasteiger partial charge in [0, 0.05) is 0 Å². The van der Waals surface area contributed by atoms with E-state index in [1.165, 1.54) is 0 Å². The molecule has 0 saturated heterocycles. The summed E-state index contributed by atoms with van der Waals surface area (Å²) < 4.78 is 31.5. The largest absolute Gasteiger partial charge is 0.397 e. The maximum absolute atomic E-state index is 9.81. The van der Waals surface area contributed by atoms with Gasteiger partial charge in [0.1, 0.15) is 0 Å². The van der Waals surface area contributed by atoms with Crippen molar-refractivity contribution < 1.29 is 17.2 Å². The molecule has 0 saturated carbocycles. The fourth-order valence-electron chi connectivity index (χ4n) is 0.229. The van der Waals surface area contributed by atoms with Crippen LogP contribution >= 0.6 is 12.6 Å². The van der Waals surface area contributed by atoms with Crippen molar-refractivity contribution in [1.29, 1.82) is 0 Å². The summed E-state index contributed by atoms with van der Waals surface area (Å²) in [5.74, 6) is 0.537. The molecule has 0 rings (SSSR count). The highest BCUT2D eigenvalue weighted by molar-refractivity contribution is 7.81. The van der Waals surface area contributed by atoms with E-state index in [0.717, 1.165) is 0 Å². The lowest BCUT2D eigenvalue weighted by atomic mass is 10.5. The van der Waals surface area contributed by atoms with Gasteiger partial charge >= 0.3 is 10.4 Å². The zero-order valence-electron chi connectivity index (χ0n) is 4.65. The maximum Gasteiger partial charge on any atom is 0.397 e. The summed E-state index contributed by atoms with van der Waals surface area (Å²) in [6.07, 6.45) is 0.503. The second-order valence-electron chi connectivity index (χ2n) is 1.33. The van der Waals surface area contributed by atoms with E-state index < -0.39 is 10.4 Å². The predicted octanol–water partition coefficient (Wildman–Crippen LogP) is 0.126. The summed E-state index contributed by atoms with van der Waals surface area (Å²) in [6.45, 7) is -0.0116. The van der Waals surface area contributed by atoms with Gasteiger partial charge in [-0.15, -0.1) is 0 Å². The van der Waals surface area contributed by atoms with Crippen molar-refractivity contribution in [2.45, 2.75) is 6.42 Å². The van der Waals surface area contributed by atoms with Crippen LogP contribution in [0.3, 0.4) is 0 Å². The van der Waals surface area contributed by atoms with E-state index in [1.54, 1.807) is 0 Å². The van der Waals surface area contributed by atoms with Gasteiger partial charge < -0.3 is 0 Å². The van der Waals surface area contributed by atoms with E-state index in [1.807, 2.05) is 0 Å². The van der Waals surface area contributed by atoms with Gasteiger partial charge in [0.25, 0.3) is 0 Å². The lowest BCUT2D eigenvalue weighted by Crippen LogP contribution is -2.04. The molecule has 0 fully saturated rings. The third-order valence-electron chi connectivity index (χ3n) is 0.535. The van der Waals surface area contributed by atoms with Crippen LogP contribution in [0.25, 0.3) is 0 Å². The van der Waals surface area contributed by atoms with Crippen molar-refractivity contribution in [1.82, 2.24) is 0 Å². The molecule has 0 aromatic carbocycles. The van der Waals surface area contributed by atoms with Crippen LogP contribution in [0.5, 0.6) is 0 Å². The smallest absolute Gasteiger partial charge is 0.264 e. The van der Waals surface area contributed by atoms with Gasteiger partial charge in [0.05, 0.1) is 6.61 Å². The quantitative estimate of drug-likeness (QED) is 0.359. The summed E-state index contributed by atoms with van der Waals surface area (Å²) >= 11 is 3.79. The van der Waals surface area contributed by atoms with Crippen LogP contribution in [0.15, 0.2) is 0 Å². The Morgan fingerprint density at radius 2 is 2.11 bits per heavy atom. The fraction of sp³-hybridized carbons (Fsp3) is 1.00. The van der Waals surface area contributed by atoms with E-state index in [4.69, 9.17) is 4.55 Å². The van der Waals surface area contributed by atoms with Crippen LogP contribution in [0.1, 0.15) is 6.42 Å². The first-order chi connectivity index (χ1) is 4.06. The number of hydrogen-bond donors (Lipinski definition) is 2. The molecule has 0 bridgehead atoms. The third kappa shape index (κ3) is 8.22. The highest BCUT2D eigenvalue weighted by Gasteiger charge is 2.01. The number of hydrogen-bond acceptors (Lipinski definition) is 4. The first-order valence-electron chi connectivity index (χ1n) is 2.29. The molecule has 0 spiro atoms. The fourth-order valence-corrected chi connectivity index (χ4v) is 0.686. The van der Waals surface area contributed by atoms with Gasteiger partial charge in [-0.3, -0.25) is 4.55 Å². The highest BCUT2D eigenvalue weighted by Crippen LogP contribution is 1.89. The van der Waals surface area contributed by atoms with Crippen LogP contribution in [0.2, 0.25) is 0 Å². The van der Waals surface area contributed by atoms with Gasteiger partial charge in [-0.2, -0.15) is 21.0 Å². The van der Waals surface area contributed by atoms with Crippen molar-refractivity contribution >= 4 is 23.0 Å². The predicted molar refractivity (Wildman–Crippen MR) is 36.0 cm³/mol. The van der Waals surface area contributed by atoms with Crippen LogP contribution in [0.4, 0.5) is 0 Å². The van der Waals surface area contributed by atoms with Gasteiger partial charge in [0.15, 0.2) is 0 Å². The normalized spacial score (nSPS) is 11.8. The molecular formula is C3H8O4S2. The van der Waals surface area contributed by atoms with Gasteiger partial charge in [0.2, 0.25) is 0 Å². The molecule has 0 amide bonds. The average Bonchev–Trinajstić information content (AvgIpc) is 1.63. The molecule has 1 N–H and O–H groups in total. The van der Waals surface area contributed by atoms with E-state index in [9.17, 15) is 8.42 Å². The van der Waals surface area contributed by atoms with E-state index in [0.29, 0.717) is 12.2 Å². The van der Waals surface area contributed by atoms with Crippen LogP contribution < -0.4 is 0 Å². The zero-order chi connectivity index (χ0) is 7.33. The Hall–Kier alpha value is 0.220. The summed E-state index contributed by atoms with van der Waals surface area (Å²) in [5, 5.41) is 0. The molecule has 56 valence electrons. The van der Waals surface area contributed by atoms with Crippen molar-refractivity contribution in [3.8, 4) is 0 Å². The SMILES string of the molecule is O=S(=O)(O)OCCCS. The summed E-state index contributed by atoms with van der Waals surface area (Å²) in [7, 11) is -4.23. The first kappa shape index (κ1) is 9.22. The topological polar surface area (TPSA) is 63.6 Å². The molecule has 9 heavy (non-hydrogen) atoms. The van der Waals surface area contributed by atoms with Crippen LogP contribution in [-0.2, 0) is 14.6 Å². The van der Waals surface area contributed by atoms with Gasteiger partial charge in [-0.05, 0) is 12.2 Å². The molecule has 0 atom stereocenters. The molecule has 0 aliphatic heterocycles. The second kappa shape index (κ2) is 4.10. The zero-order valence-corrected chi connectivity index (χ0v) is 6.36. The lowest BCUT2D eigenvalue weighted by molar-refractivity contribution is 0.270. The lowest BCUT2D eigenvalue weighted by Gasteiger charge is -1.94. The summed E-state index contributed by atoms with van der Waals surface area (Å²) in [6, 6.07) is 0. The highest BCUT2D eigenvalue weighted by atomic mass is 32.3. The Kier molecular flexibility index (Phi) is 4.20. The standard InChI is InChI=1S/C3H8O4S2/c4-9(5,6)7-2-1-3-8/h8H,1-3H2,(H,4,5,6). The molecule has 4 nitrogen and oxygen atoms in total. The molecule has 0 aliphatic rings. The average molecular weight is 172 g/mol. The van der Waals surface area contributed by atoms with Crippen molar-refractivity contribution in [3.63, 3.8) is 0 Å². The van der Waals surface area contributed by atoms with Crippen molar-refractivity contribution in [3.05, 3.63) is 0 Å². The molecule has 0 aliphatic carbocycles. The molecule has 6 heteroatoms. The van der Waals surface area contributed by atoms with E-state index >= 15 is 0 Å². The Balaban J connectivity index is 3.30. The van der Waals surface area contributed by atoms with Gasteiger partial charge in [-0.1, -0.05) is 0 Å². The van der Waals surface area contributed by atoms with Gasteiger partial charge in [-0.25, -0.2) is 4.18 Å². The second-order valence-corrected chi connectivity index (χ2v) is 2.87. The van der Waals surface area contributed by atoms with Crippen molar-refractivity contribution in [2.75, 3.05) is 12.4 Å².